The summed E-state index contributed by atoms with van der Waals surface area (Å²) in [4.78, 5) is 25.4. The van der Waals surface area contributed by atoms with Crippen molar-refractivity contribution in [1.29, 1.82) is 0 Å². The largest absolute Gasteiger partial charge is 0.459 e. The molecule has 0 spiro atoms. The monoisotopic (exact) mass is 458 g/mol. The molecule has 0 bridgehead atoms. The van der Waals surface area contributed by atoms with Crippen LogP contribution in [0.5, 0.6) is 0 Å². The van der Waals surface area contributed by atoms with E-state index in [1.165, 1.54) is 41.3 Å². The van der Waals surface area contributed by atoms with Gasteiger partial charge in [0.05, 0.1) is 23.0 Å². The van der Waals surface area contributed by atoms with Crippen LogP contribution < -0.4 is 0 Å². The molecule has 32 heavy (non-hydrogen) atoms. The molecule has 10 heteroatoms. The van der Waals surface area contributed by atoms with Gasteiger partial charge in [-0.05, 0) is 48.9 Å². The number of amides is 1. The standard InChI is InChI=1S/C22H19FN2O6S/c23-16-7-5-15(6-8-16)21-10-9-18(31-21)13-24(17-11-12-32(29,30)14-17)22(26)19-3-1-2-4-20(19)25(27)28/h1-10,17H,11-14H2/t17-/m0/s1. The first kappa shape index (κ1) is 21.7. The first-order chi connectivity index (χ1) is 15.2. The third-order valence-corrected chi connectivity index (χ3v) is 7.11. The van der Waals surface area contributed by atoms with Gasteiger partial charge in [-0.1, -0.05) is 12.1 Å². The maximum absolute atomic E-state index is 13.3. The maximum Gasteiger partial charge on any atom is 0.282 e. The quantitative estimate of drug-likeness (QED) is 0.410. The Labute approximate surface area is 183 Å². The van der Waals surface area contributed by atoms with Crippen molar-refractivity contribution in [3.8, 4) is 11.3 Å². The number of benzene rings is 2. The Bertz CT molecular complexity index is 1270. The molecule has 2 aromatic carbocycles. The topological polar surface area (TPSA) is 111 Å². The molecule has 1 aromatic heterocycles. The molecule has 0 unspecified atom stereocenters. The Kier molecular flexibility index (Phi) is 5.79. The molecular formula is C22H19FN2O6S. The van der Waals surface area contributed by atoms with E-state index in [4.69, 9.17) is 4.42 Å². The summed E-state index contributed by atoms with van der Waals surface area (Å²) in [5.74, 6) is -0.469. The number of carbonyl (C=O) groups excluding carboxylic acids is 1. The fraction of sp³-hybridized carbons (Fsp3) is 0.227. The molecule has 166 valence electrons. The molecule has 3 aromatic rings. The van der Waals surface area contributed by atoms with Gasteiger partial charge < -0.3 is 9.32 Å². The zero-order valence-electron chi connectivity index (χ0n) is 16.8. The number of nitro benzene ring substituents is 1. The van der Waals surface area contributed by atoms with Crippen LogP contribution in [0.15, 0.2) is 65.1 Å². The zero-order valence-corrected chi connectivity index (χ0v) is 17.6. The Balaban J connectivity index is 1.66. The lowest BCUT2D eigenvalue weighted by Crippen LogP contribution is -2.40. The number of nitro groups is 1. The summed E-state index contributed by atoms with van der Waals surface area (Å²) >= 11 is 0. The smallest absolute Gasteiger partial charge is 0.282 e. The normalized spacial score (nSPS) is 17.2. The van der Waals surface area contributed by atoms with E-state index in [1.54, 1.807) is 24.3 Å². The number of carbonyl (C=O) groups is 1. The highest BCUT2D eigenvalue weighted by Gasteiger charge is 2.37. The van der Waals surface area contributed by atoms with Gasteiger partial charge in [0, 0.05) is 17.7 Å². The molecule has 1 amide bonds. The summed E-state index contributed by atoms with van der Waals surface area (Å²) < 4.78 is 43.1. The van der Waals surface area contributed by atoms with E-state index in [9.17, 15) is 27.7 Å². The van der Waals surface area contributed by atoms with Crippen LogP contribution in [0.25, 0.3) is 11.3 Å². The SMILES string of the molecule is O=C(c1ccccc1[N+](=O)[O-])N(Cc1ccc(-c2ccc(F)cc2)o1)[C@H]1CCS(=O)(=O)C1. The predicted molar refractivity (Wildman–Crippen MR) is 114 cm³/mol. The van der Waals surface area contributed by atoms with E-state index in [0.29, 0.717) is 17.1 Å². The Morgan fingerprint density at radius 1 is 1.12 bits per heavy atom. The van der Waals surface area contributed by atoms with Gasteiger partial charge in [-0.2, -0.15) is 0 Å². The molecule has 1 aliphatic heterocycles. The van der Waals surface area contributed by atoms with Crippen LogP contribution in [0.2, 0.25) is 0 Å². The fourth-order valence-corrected chi connectivity index (χ4v) is 5.49. The van der Waals surface area contributed by atoms with Crippen molar-refractivity contribution < 1.29 is 26.9 Å². The average Bonchev–Trinajstić information content (AvgIpc) is 3.38. The summed E-state index contributed by atoms with van der Waals surface area (Å²) in [6.07, 6.45) is 0.236. The summed E-state index contributed by atoms with van der Waals surface area (Å²) in [6.45, 7) is -0.0632. The molecule has 1 aliphatic rings. The van der Waals surface area contributed by atoms with Gasteiger partial charge >= 0.3 is 0 Å². The molecule has 0 N–H and O–H groups in total. The average molecular weight is 458 g/mol. The van der Waals surface area contributed by atoms with Crippen molar-refractivity contribution in [3.63, 3.8) is 0 Å². The molecule has 0 radical (unpaired) electrons. The van der Waals surface area contributed by atoms with E-state index in [1.807, 2.05) is 0 Å². The van der Waals surface area contributed by atoms with Crippen LogP contribution >= 0.6 is 0 Å². The minimum absolute atomic E-state index is 0.0582. The van der Waals surface area contributed by atoms with Crippen molar-refractivity contribution >= 4 is 21.4 Å². The highest BCUT2D eigenvalue weighted by molar-refractivity contribution is 7.91. The summed E-state index contributed by atoms with van der Waals surface area (Å²) in [5.41, 5.74) is 0.166. The van der Waals surface area contributed by atoms with Crippen molar-refractivity contribution in [3.05, 3.63) is 87.9 Å². The number of hydrogen-bond acceptors (Lipinski definition) is 6. The second-order valence-electron chi connectivity index (χ2n) is 7.54. The third-order valence-electron chi connectivity index (χ3n) is 5.36. The lowest BCUT2D eigenvalue weighted by Gasteiger charge is -2.27. The van der Waals surface area contributed by atoms with Crippen LogP contribution in [0, 0.1) is 15.9 Å². The second-order valence-corrected chi connectivity index (χ2v) is 9.77. The van der Waals surface area contributed by atoms with Gasteiger partial charge in [-0.25, -0.2) is 12.8 Å². The fourth-order valence-electron chi connectivity index (χ4n) is 3.76. The number of furan rings is 1. The van der Waals surface area contributed by atoms with Gasteiger partial charge in [0.15, 0.2) is 9.84 Å². The van der Waals surface area contributed by atoms with Crippen LogP contribution in [-0.2, 0) is 16.4 Å². The van der Waals surface area contributed by atoms with Gasteiger partial charge in [0.2, 0.25) is 0 Å². The Morgan fingerprint density at radius 3 is 2.50 bits per heavy atom. The summed E-state index contributed by atoms with van der Waals surface area (Å²) in [6, 6.07) is 13.9. The van der Waals surface area contributed by atoms with E-state index >= 15 is 0 Å². The molecule has 1 atom stereocenters. The number of halogens is 1. The molecule has 1 saturated heterocycles. The third kappa shape index (κ3) is 4.54. The maximum atomic E-state index is 13.3. The first-order valence-corrected chi connectivity index (χ1v) is 11.6. The highest BCUT2D eigenvalue weighted by Crippen LogP contribution is 2.28. The highest BCUT2D eigenvalue weighted by atomic mass is 32.2. The predicted octanol–water partition coefficient (Wildman–Crippen LogP) is 3.82. The number of hydrogen-bond donors (Lipinski definition) is 0. The summed E-state index contributed by atoms with van der Waals surface area (Å²) in [5, 5.41) is 11.4. The van der Waals surface area contributed by atoms with Gasteiger partial charge in [-0.15, -0.1) is 0 Å². The van der Waals surface area contributed by atoms with Crippen molar-refractivity contribution in [2.75, 3.05) is 11.5 Å². The lowest BCUT2D eigenvalue weighted by molar-refractivity contribution is -0.385. The van der Waals surface area contributed by atoms with Crippen molar-refractivity contribution in [1.82, 2.24) is 4.90 Å². The van der Waals surface area contributed by atoms with E-state index in [-0.39, 0.29) is 41.5 Å². The lowest BCUT2D eigenvalue weighted by atomic mass is 10.1. The van der Waals surface area contributed by atoms with Crippen LogP contribution in [0.3, 0.4) is 0 Å². The Hall–Kier alpha value is -3.53. The molecule has 2 heterocycles. The van der Waals surface area contributed by atoms with Crippen LogP contribution in [0.1, 0.15) is 22.5 Å². The number of rotatable bonds is 6. The number of sulfone groups is 1. The van der Waals surface area contributed by atoms with Gasteiger partial charge in [0.1, 0.15) is 22.9 Å². The van der Waals surface area contributed by atoms with E-state index in [2.05, 4.69) is 0 Å². The molecule has 4 rings (SSSR count). The molecule has 1 fully saturated rings. The van der Waals surface area contributed by atoms with E-state index in [0.717, 1.165) is 0 Å². The Morgan fingerprint density at radius 2 is 1.84 bits per heavy atom. The molecule has 8 nitrogen and oxygen atoms in total. The van der Waals surface area contributed by atoms with Crippen molar-refractivity contribution in [2.45, 2.75) is 19.0 Å². The number of nitrogens with zero attached hydrogens (tertiary/aromatic N) is 2. The molecule has 0 saturated carbocycles. The minimum atomic E-state index is -3.31. The van der Waals surface area contributed by atoms with Crippen LogP contribution in [-0.4, -0.2) is 41.7 Å². The molecule has 0 aliphatic carbocycles. The zero-order chi connectivity index (χ0) is 22.9. The minimum Gasteiger partial charge on any atom is -0.459 e. The van der Waals surface area contributed by atoms with Crippen molar-refractivity contribution in [2.24, 2.45) is 0 Å². The molecular weight excluding hydrogens is 439 g/mol. The summed E-state index contributed by atoms with van der Waals surface area (Å²) in [7, 11) is -3.31. The van der Waals surface area contributed by atoms with Gasteiger partial charge in [0.25, 0.3) is 11.6 Å². The van der Waals surface area contributed by atoms with E-state index < -0.39 is 26.7 Å². The number of para-hydroxylation sites is 1. The second kappa shape index (κ2) is 8.54. The van der Waals surface area contributed by atoms with Gasteiger partial charge in [-0.3, -0.25) is 14.9 Å². The first-order valence-electron chi connectivity index (χ1n) is 9.83. The van der Waals surface area contributed by atoms with Crippen LogP contribution in [0.4, 0.5) is 10.1 Å².